The van der Waals surface area contributed by atoms with Crippen LogP contribution >= 0.6 is 0 Å². The van der Waals surface area contributed by atoms with Crippen molar-refractivity contribution in [3.05, 3.63) is 30.1 Å². The van der Waals surface area contributed by atoms with E-state index in [1.165, 1.54) is 0 Å². The molecule has 0 atom stereocenters. The van der Waals surface area contributed by atoms with Crippen molar-refractivity contribution in [2.24, 2.45) is 7.05 Å². The van der Waals surface area contributed by atoms with Crippen LogP contribution in [-0.2, 0) is 7.05 Å². The number of hydrogen-bond donors (Lipinski definition) is 0. The lowest BCUT2D eigenvalue weighted by Gasteiger charge is -2.00. The highest BCUT2D eigenvalue weighted by Gasteiger charge is 2.11. The van der Waals surface area contributed by atoms with Crippen LogP contribution in [0.1, 0.15) is 23.8 Å². The van der Waals surface area contributed by atoms with Gasteiger partial charge in [0.1, 0.15) is 0 Å². The number of Topliss-reactive ketones (excluding diaryl/α,β-unsaturated/α-hetero) is 1. The molecule has 0 unspecified atom stereocenters. The molecule has 0 aliphatic heterocycles. The minimum atomic E-state index is 0.158. The van der Waals surface area contributed by atoms with Gasteiger partial charge in [-0.2, -0.15) is 0 Å². The van der Waals surface area contributed by atoms with E-state index in [9.17, 15) is 4.79 Å². The lowest BCUT2D eigenvalue weighted by molar-refractivity contribution is 0.0981. The van der Waals surface area contributed by atoms with E-state index in [0.29, 0.717) is 6.42 Å². The summed E-state index contributed by atoms with van der Waals surface area (Å²) in [6, 6.07) is 5.69. The lowest BCUT2D eigenvalue weighted by Crippen LogP contribution is -2.03. The van der Waals surface area contributed by atoms with Crippen LogP contribution < -0.4 is 0 Å². The zero-order chi connectivity index (χ0) is 10.1. The number of nitrogens with zero attached hydrogens (tertiary/aromatic N) is 2. The fourth-order valence-electron chi connectivity index (χ4n) is 1.61. The smallest absolute Gasteiger partial charge is 0.179 e. The molecule has 0 N–H and O–H groups in total. The molecule has 0 aliphatic rings. The molecule has 72 valence electrons. The molecule has 0 aromatic carbocycles. The molecule has 3 nitrogen and oxygen atoms in total. The molecule has 0 radical (unpaired) electrons. The number of rotatable bonds is 2. The van der Waals surface area contributed by atoms with Crippen molar-refractivity contribution in [3.63, 3.8) is 0 Å². The second kappa shape index (κ2) is 3.25. The number of carbonyl (C=O) groups is 1. The number of carbonyl (C=O) groups excluding carboxylic acids is 1. The Balaban J connectivity index is 2.68. The minimum absolute atomic E-state index is 0.158. The van der Waals surface area contributed by atoms with Crippen LogP contribution in [0.5, 0.6) is 0 Å². The van der Waals surface area contributed by atoms with Crippen molar-refractivity contribution < 1.29 is 4.79 Å². The Morgan fingerprint density at radius 2 is 2.36 bits per heavy atom. The second-order valence-corrected chi connectivity index (χ2v) is 3.27. The first-order valence-corrected chi connectivity index (χ1v) is 4.67. The quantitative estimate of drug-likeness (QED) is 0.677. The number of ketones is 1. The van der Waals surface area contributed by atoms with E-state index in [1.807, 2.05) is 36.7 Å². The predicted molar refractivity (Wildman–Crippen MR) is 55.3 cm³/mol. The molecule has 0 saturated heterocycles. The molecule has 14 heavy (non-hydrogen) atoms. The largest absolute Gasteiger partial charge is 0.340 e. The highest BCUT2D eigenvalue weighted by Crippen LogP contribution is 2.16. The van der Waals surface area contributed by atoms with Crippen molar-refractivity contribution in [2.45, 2.75) is 13.3 Å². The van der Waals surface area contributed by atoms with Crippen LogP contribution in [0.2, 0.25) is 0 Å². The van der Waals surface area contributed by atoms with Crippen molar-refractivity contribution in [2.75, 3.05) is 0 Å². The average molecular weight is 188 g/mol. The summed E-state index contributed by atoms with van der Waals surface area (Å²) in [6.45, 7) is 1.87. The molecule has 2 aromatic rings. The van der Waals surface area contributed by atoms with E-state index >= 15 is 0 Å². The van der Waals surface area contributed by atoms with Crippen LogP contribution in [0.4, 0.5) is 0 Å². The van der Waals surface area contributed by atoms with Gasteiger partial charge in [0.15, 0.2) is 5.78 Å². The molecular weight excluding hydrogens is 176 g/mol. The molecule has 3 heteroatoms. The summed E-state index contributed by atoms with van der Waals surface area (Å²) < 4.78 is 1.90. The summed E-state index contributed by atoms with van der Waals surface area (Å²) in [5.41, 5.74) is 2.62. The van der Waals surface area contributed by atoms with E-state index in [-0.39, 0.29) is 5.78 Å². The Bertz CT molecular complexity index is 485. The zero-order valence-electron chi connectivity index (χ0n) is 8.32. The van der Waals surface area contributed by atoms with Gasteiger partial charge in [-0.05, 0) is 18.2 Å². The van der Waals surface area contributed by atoms with Crippen molar-refractivity contribution >= 4 is 16.8 Å². The Kier molecular flexibility index (Phi) is 2.08. The summed E-state index contributed by atoms with van der Waals surface area (Å²) >= 11 is 0. The normalized spacial score (nSPS) is 10.7. The van der Waals surface area contributed by atoms with Gasteiger partial charge in [-0.1, -0.05) is 6.92 Å². The number of fused-ring (bicyclic) bond motifs is 1. The Hall–Kier alpha value is -1.64. The van der Waals surface area contributed by atoms with Crippen LogP contribution in [0.15, 0.2) is 24.4 Å². The molecule has 2 heterocycles. The second-order valence-electron chi connectivity index (χ2n) is 3.27. The van der Waals surface area contributed by atoms with E-state index < -0.39 is 0 Å². The van der Waals surface area contributed by atoms with E-state index in [1.54, 1.807) is 6.20 Å². The van der Waals surface area contributed by atoms with Crippen LogP contribution in [0.25, 0.3) is 11.0 Å². The molecular formula is C11H12N2O. The lowest BCUT2D eigenvalue weighted by atomic mass is 10.2. The van der Waals surface area contributed by atoms with Crippen molar-refractivity contribution in [1.82, 2.24) is 9.55 Å². The highest BCUT2D eigenvalue weighted by atomic mass is 16.1. The first kappa shape index (κ1) is 8.94. The van der Waals surface area contributed by atoms with E-state index in [0.717, 1.165) is 16.7 Å². The maximum atomic E-state index is 11.6. The highest BCUT2D eigenvalue weighted by molar-refractivity contribution is 5.98. The summed E-state index contributed by atoms with van der Waals surface area (Å²) in [6.07, 6.45) is 2.27. The topological polar surface area (TPSA) is 34.9 Å². The molecule has 0 fully saturated rings. The zero-order valence-corrected chi connectivity index (χ0v) is 8.32. The van der Waals surface area contributed by atoms with Gasteiger partial charge in [-0.25, -0.2) is 0 Å². The van der Waals surface area contributed by atoms with Gasteiger partial charge in [0, 0.05) is 19.7 Å². The first-order chi connectivity index (χ1) is 6.74. The minimum Gasteiger partial charge on any atom is -0.340 e. The maximum absolute atomic E-state index is 11.6. The number of aromatic nitrogens is 2. The summed E-state index contributed by atoms with van der Waals surface area (Å²) in [5.74, 6) is 0.158. The predicted octanol–water partition coefficient (Wildman–Crippen LogP) is 2.17. The van der Waals surface area contributed by atoms with Gasteiger partial charge in [-0.3, -0.25) is 9.78 Å². The van der Waals surface area contributed by atoms with Gasteiger partial charge < -0.3 is 4.57 Å². The molecule has 0 saturated carbocycles. The van der Waals surface area contributed by atoms with Gasteiger partial charge in [0.25, 0.3) is 0 Å². The van der Waals surface area contributed by atoms with Gasteiger partial charge in [0.05, 0.1) is 16.7 Å². The number of aryl methyl sites for hydroxylation is 1. The molecule has 2 aromatic heterocycles. The average Bonchev–Trinajstić information content (AvgIpc) is 2.56. The van der Waals surface area contributed by atoms with E-state index in [4.69, 9.17) is 0 Å². The summed E-state index contributed by atoms with van der Waals surface area (Å²) in [7, 11) is 1.90. The molecule has 0 bridgehead atoms. The van der Waals surface area contributed by atoms with Crippen LogP contribution in [0, 0.1) is 0 Å². The fourth-order valence-corrected chi connectivity index (χ4v) is 1.61. The molecule has 2 rings (SSSR count). The third-order valence-corrected chi connectivity index (χ3v) is 2.42. The van der Waals surface area contributed by atoms with Gasteiger partial charge in [0.2, 0.25) is 0 Å². The standard InChI is InChI=1S/C11H12N2O/c1-3-11(14)10-7-8-9(13(10)2)5-4-6-12-8/h4-7H,3H2,1-2H3. The Labute approximate surface area is 82.4 Å². The SMILES string of the molecule is CCC(=O)c1cc2ncccc2n1C. The molecule has 0 amide bonds. The van der Waals surface area contributed by atoms with Crippen molar-refractivity contribution in [3.8, 4) is 0 Å². The molecule has 0 aliphatic carbocycles. The van der Waals surface area contributed by atoms with Gasteiger partial charge >= 0.3 is 0 Å². The monoisotopic (exact) mass is 188 g/mol. The summed E-state index contributed by atoms with van der Waals surface area (Å²) in [4.78, 5) is 15.8. The molecule has 0 spiro atoms. The van der Waals surface area contributed by atoms with Gasteiger partial charge in [-0.15, -0.1) is 0 Å². The van der Waals surface area contributed by atoms with Crippen molar-refractivity contribution in [1.29, 1.82) is 0 Å². The van der Waals surface area contributed by atoms with E-state index in [2.05, 4.69) is 4.98 Å². The third kappa shape index (κ3) is 1.21. The number of hydrogen-bond acceptors (Lipinski definition) is 2. The summed E-state index contributed by atoms with van der Waals surface area (Å²) in [5, 5.41) is 0. The Morgan fingerprint density at radius 1 is 1.57 bits per heavy atom. The number of pyridine rings is 1. The van der Waals surface area contributed by atoms with Crippen LogP contribution in [0.3, 0.4) is 0 Å². The van der Waals surface area contributed by atoms with Crippen LogP contribution in [-0.4, -0.2) is 15.3 Å². The Morgan fingerprint density at radius 3 is 3.00 bits per heavy atom. The first-order valence-electron chi connectivity index (χ1n) is 4.67. The fraction of sp³-hybridized carbons (Fsp3) is 0.273. The maximum Gasteiger partial charge on any atom is 0.179 e. The third-order valence-electron chi connectivity index (χ3n) is 2.42.